The fourth-order valence-corrected chi connectivity index (χ4v) is 3.47. The lowest BCUT2D eigenvalue weighted by Gasteiger charge is -2.05. The Bertz CT molecular complexity index is 1230. The van der Waals surface area contributed by atoms with E-state index in [9.17, 15) is 9.59 Å². The maximum Gasteiger partial charge on any atom is 0.335 e. The quantitative estimate of drug-likeness (QED) is 0.486. The summed E-state index contributed by atoms with van der Waals surface area (Å²) < 4.78 is 1.79. The molecule has 0 spiro atoms. The van der Waals surface area contributed by atoms with Crippen LogP contribution in [0.4, 0.5) is 0 Å². The summed E-state index contributed by atoms with van der Waals surface area (Å²) in [5.41, 5.74) is 3.19. The first-order valence-corrected chi connectivity index (χ1v) is 9.69. The molecule has 1 amide bonds. The molecule has 0 aliphatic rings. The molecule has 0 fully saturated rings. The molecule has 6 nitrogen and oxygen atoms in total. The zero-order valence-electron chi connectivity index (χ0n) is 15.9. The third kappa shape index (κ3) is 4.18. The van der Waals surface area contributed by atoms with E-state index in [2.05, 4.69) is 10.4 Å². The molecule has 2 N–H and O–H groups in total. The van der Waals surface area contributed by atoms with Gasteiger partial charge in [-0.05, 0) is 41.5 Å². The fourth-order valence-electron chi connectivity index (χ4n) is 3.26. The number of benzene rings is 3. The minimum absolute atomic E-state index is 0.204. The van der Waals surface area contributed by atoms with E-state index in [4.69, 9.17) is 16.7 Å². The summed E-state index contributed by atoms with van der Waals surface area (Å²) in [6.45, 7) is 0.763. The van der Waals surface area contributed by atoms with Crippen molar-refractivity contribution in [2.45, 2.75) is 13.1 Å². The lowest BCUT2D eigenvalue weighted by Crippen LogP contribution is -2.23. The summed E-state index contributed by atoms with van der Waals surface area (Å²) in [7, 11) is 0. The summed E-state index contributed by atoms with van der Waals surface area (Å²) >= 11 is 6.09. The second kappa shape index (κ2) is 8.39. The topological polar surface area (TPSA) is 84.2 Å². The molecule has 1 heterocycles. The lowest BCUT2D eigenvalue weighted by atomic mass is 10.1. The van der Waals surface area contributed by atoms with E-state index in [0.29, 0.717) is 17.3 Å². The largest absolute Gasteiger partial charge is 0.478 e. The number of carboxylic acids is 1. The molecular formula is C23H18ClN3O3. The molecule has 7 heteroatoms. The second-order valence-corrected chi connectivity index (χ2v) is 7.27. The minimum atomic E-state index is -0.984. The first-order valence-electron chi connectivity index (χ1n) is 9.32. The highest BCUT2D eigenvalue weighted by atomic mass is 35.5. The smallest absolute Gasteiger partial charge is 0.335 e. The van der Waals surface area contributed by atoms with Gasteiger partial charge in [-0.1, -0.05) is 54.1 Å². The van der Waals surface area contributed by atoms with Crippen LogP contribution in [0.5, 0.6) is 0 Å². The molecule has 0 aliphatic carbocycles. The summed E-state index contributed by atoms with van der Waals surface area (Å²) in [5, 5.41) is 17.8. The van der Waals surface area contributed by atoms with Crippen molar-refractivity contribution in [3.63, 3.8) is 0 Å². The summed E-state index contributed by atoms with van der Waals surface area (Å²) in [6, 6.07) is 21.5. The number of amides is 1. The third-order valence-electron chi connectivity index (χ3n) is 4.75. The summed E-state index contributed by atoms with van der Waals surface area (Å²) in [4.78, 5) is 23.8. The SMILES string of the molecule is O=C(O)c1ccc(CNC(=O)c2nn(Cc3cccc(Cl)c3)c3ccccc23)cc1. The van der Waals surface area contributed by atoms with Gasteiger partial charge in [-0.25, -0.2) is 4.79 Å². The van der Waals surface area contributed by atoms with Crippen LogP contribution in [0.15, 0.2) is 72.8 Å². The molecule has 1 aromatic heterocycles. The van der Waals surface area contributed by atoms with Crippen molar-refractivity contribution in [1.29, 1.82) is 0 Å². The molecule has 30 heavy (non-hydrogen) atoms. The Labute approximate surface area is 177 Å². The number of fused-ring (bicyclic) bond motifs is 1. The highest BCUT2D eigenvalue weighted by molar-refractivity contribution is 6.30. The van der Waals surface area contributed by atoms with Crippen molar-refractivity contribution in [1.82, 2.24) is 15.1 Å². The number of carbonyl (C=O) groups is 2. The van der Waals surface area contributed by atoms with Gasteiger partial charge in [-0.2, -0.15) is 5.10 Å². The van der Waals surface area contributed by atoms with Gasteiger partial charge in [0.05, 0.1) is 17.6 Å². The number of aromatic carboxylic acids is 1. The number of halogens is 1. The van der Waals surface area contributed by atoms with Gasteiger partial charge in [0, 0.05) is 17.0 Å². The molecule has 0 saturated carbocycles. The van der Waals surface area contributed by atoms with Gasteiger partial charge >= 0.3 is 5.97 Å². The average Bonchev–Trinajstić information content (AvgIpc) is 3.11. The van der Waals surface area contributed by atoms with Crippen molar-refractivity contribution in [2.24, 2.45) is 0 Å². The molecule has 3 aromatic carbocycles. The molecule has 0 saturated heterocycles. The van der Waals surface area contributed by atoms with Gasteiger partial charge in [-0.3, -0.25) is 9.48 Å². The van der Waals surface area contributed by atoms with E-state index in [1.807, 2.05) is 48.5 Å². The van der Waals surface area contributed by atoms with E-state index in [-0.39, 0.29) is 18.0 Å². The van der Waals surface area contributed by atoms with Gasteiger partial charge in [0.25, 0.3) is 5.91 Å². The van der Waals surface area contributed by atoms with Crippen LogP contribution < -0.4 is 5.32 Å². The fraction of sp³-hybridized carbons (Fsp3) is 0.0870. The van der Waals surface area contributed by atoms with Crippen LogP contribution in [0.1, 0.15) is 32.0 Å². The van der Waals surface area contributed by atoms with Crippen LogP contribution in [-0.2, 0) is 13.1 Å². The first kappa shape index (κ1) is 19.7. The molecule has 4 aromatic rings. The highest BCUT2D eigenvalue weighted by Gasteiger charge is 2.17. The predicted octanol–water partition coefficient (Wildman–Crippen LogP) is 4.37. The van der Waals surface area contributed by atoms with Crippen molar-refractivity contribution in [3.05, 3.63) is 100 Å². The van der Waals surface area contributed by atoms with Gasteiger partial charge in [0.1, 0.15) is 0 Å². The molecule has 0 radical (unpaired) electrons. The Morgan fingerprint density at radius 2 is 1.73 bits per heavy atom. The molecule has 0 atom stereocenters. The van der Waals surface area contributed by atoms with Gasteiger partial charge in [-0.15, -0.1) is 0 Å². The predicted molar refractivity (Wildman–Crippen MR) is 115 cm³/mol. The maximum absolute atomic E-state index is 12.8. The number of nitrogens with zero attached hydrogens (tertiary/aromatic N) is 2. The Morgan fingerprint density at radius 3 is 2.47 bits per heavy atom. The number of hydrogen-bond acceptors (Lipinski definition) is 3. The van der Waals surface area contributed by atoms with Crippen molar-refractivity contribution < 1.29 is 14.7 Å². The standard InChI is InChI=1S/C23H18ClN3O3/c24-18-5-3-4-16(12-18)14-27-20-7-2-1-6-19(20)21(26-27)22(28)25-13-15-8-10-17(11-9-15)23(29)30/h1-12H,13-14H2,(H,25,28)(H,29,30). The van der Waals surface area contributed by atoms with Crippen LogP contribution in [0.3, 0.4) is 0 Å². The van der Waals surface area contributed by atoms with Crippen molar-refractivity contribution >= 4 is 34.4 Å². The first-order chi connectivity index (χ1) is 14.5. The molecular weight excluding hydrogens is 402 g/mol. The monoisotopic (exact) mass is 419 g/mol. The average molecular weight is 420 g/mol. The Hall–Kier alpha value is -3.64. The summed E-state index contributed by atoms with van der Waals surface area (Å²) in [5.74, 6) is -1.28. The van der Waals surface area contributed by atoms with Gasteiger partial charge in [0.2, 0.25) is 0 Å². The van der Waals surface area contributed by atoms with Crippen LogP contribution in [0.25, 0.3) is 10.9 Å². The van der Waals surface area contributed by atoms with E-state index < -0.39 is 5.97 Å². The Kier molecular flexibility index (Phi) is 5.50. The third-order valence-corrected chi connectivity index (χ3v) is 4.98. The van der Waals surface area contributed by atoms with E-state index in [1.54, 1.807) is 16.8 Å². The Morgan fingerprint density at radius 1 is 0.967 bits per heavy atom. The maximum atomic E-state index is 12.8. The molecule has 4 rings (SSSR count). The summed E-state index contributed by atoms with van der Waals surface area (Å²) in [6.07, 6.45) is 0. The van der Waals surface area contributed by atoms with Gasteiger partial charge in [0.15, 0.2) is 5.69 Å². The van der Waals surface area contributed by atoms with Crippen LogP contribution in [-0.4, -0.2) is 26.8 Å². The molecule has 0 unspecified atom stereocenters. The second-order valence-electron chi connectivity index (χ2n) is 6.84. The normalized spacial score (nSPS) is 10.8. The van der Waals surface area contributed by atoms with E-state index in [0.717, 1.165) is 22.0 Å². The number of carbonyl (C=O) groups excluding carboxylic acids is 1. The van der Waals surface area contributed by atoms with Crippen molar-refractivity contribution in [3.8, 4) is 0 Å². The Balaban J connectivity index is 1.56. The van der Waals surface area contributed by atoms with Crippen LogP contribution in [0, 0.1) is 0 Å². The zero-order valence-corrected chi connectivity index (χ0v) is 16.6. The number of hydrogen-bond donors (Lipinski definition) is 2. The highest BCUT2D eigenvalue weighted by Crippen LogP contribution is 2.21. The zero-order chi connectivity index (χ0) is 21.1. The number of carboxylic acid groups (broad SMARTS) is 1. The molecule has 0 bridgehead atoms. The molecule has 0 aliphatic heterocycles. The van der Waals surface area contributed by atoms with E-state index in [1.165, 1.54) is 12.1 Å². The van der Waals surface area contributed by atoms with Crippen LogP contribution in [0.2, 0.25) is 5.02 Å². The number of rotatable bonds is 6. The molecule has 150 valence electrons. The number of aromatic nitrogens is 2. The van der Waals surface area contributed by atoms with Crippen LogP contribution >= 0.6 is 11.6 Å². The number of nitrogens with one attached hydrogen (secondary N) is 1. The lowest BCUT2D eigenvalue weighted by molar-refractivity contribution is 0.0696. The van der Waals surface area contributed by atoms with E-state index >= 15 is 0 Å². The van der Waals surface area contributed by atoms with Crippen molar-refractivity contribution in [2.75, 3.05) is 0 Å². The minimum Gasteiger partial charge on any atom is -0.478 e. The number of para-hydroxylation sites is 1. The van der Waals surface area contributed by atoms with Gasteiger partial charge < -0.3 is 10.4 Å².